The highest BCUT2D eigenvalue weighted by molar-refractivity contribution is 5.65. The number of unbranched alkanes of at least 4 members (excludes halogenated alkanes) is 1. The number of methoxy groups -OCH3 is 1. The van der Waals surface area contributed by atoms with Crippen LogP contribution in [0.5, 0.6) is 5.88 Å². The van der Waals surface area contributed by atoms with E-state index >= 15 is 0 Å². The quantitative estimate of drug-likeness (QED) is 0.727. The average Bonchev–Trinajstić information content (AvgIpc) is 2.41. The van der Waals surface area contributed by atoms with E-state index in [1.54, 1.807) is 4.68 Å². The smallest absolute Gasteiger partial charge is 0.258 e. The van der Waals surface area contributed by atoms with E-state index in [4.69, 9.17) is 16.2 Å². The SMILES string of the molecule is CCCCn1nc(OC)c(N)c1N. The molecule has 1 aromatic heterocycles. The summed E-state index contributed by atoms with van der Waals surface area (Å²) in [7, 11) is 1.53. The molecule has 1 aromatic rings. The molecule has 0 fully saturated rings. The highest BCUT2D eigenvalue weighted by atomic mass is 16.5. The van der Waals surface area contributed by atoms with E-state index in [1.165, 1.54) is 7.11 Å². The number of hydrogen-bond donors (Lipinski definition) is 2. The van der Waals surface area contributed by atoms with Crippen molar-refractivity contribution in [3.8, 4) is 5.88 Å². The Morgan fingerprint density at radius 2 is 2.15 bits per heavy atom. The summed E-state index contributed by atoms with van der Waals surface area (Å²) in [5.41, 5.74) is 11.8. The van der Waals surface area contributed by atoms with Crippen LogP contribution in [-0.2, 0) is 6.54 Å². The summed E-state index contributed by atoms with van der Waals surface area (Å²) in [6.07, 6.45) is 2.13. The first-order valence-electron chi connectivity index (χ1n) is 4.36. The molecule has 13 heavy (non-hydrogen) atoms. The van der Waals surface area contributed by atoms with Crippen LogP contribution >= 0.6 is 0 Å². The van der Waals surface area contributed by atoms with Crippen molar-refractivity contribution in [2.45, 2.75) is 26.3 Å². The summed E-state index contributed by atoms with van der Waals surface area (Å²) in [6.45, 7) is 2.90. The molecule has 4 N–H and O–H groups in total. The number of aryl methyl sites for hydroxylation is 1. The molecule has 5 nitrogen and oxygen atoms in total. The van der Waals surface area contributed by atoms with Gasteiger partial charge in [0, 0.05) is 6.54 Å². The third-order valence-corrected chi connectivity index (χ3v) is 1.91. The van der Waals surface area contributed by atoms with Crippen molar-refractivity contribution in [3.05, 3.63) is 0 Å². The number of rotatable bonds is 4. The molecule has 0 amide bonds. The minimum atomic E-state index is 0.411. The van der Waals surface area contributed by atoms with Gasteiger partial charge in [0.2, 0.25) is 0 Å². The normalized spacial score (nSPS) is 10.3. The average molecular weight is 184 g/mol. The summed E-state index contributed by atoms with van der Waals surface area (Å²) < 4.78 is 6.63. The molecule has 0 spiro atoms. The summed E-state index contributed by atoms with van der Waals surface area (Å²) in [5, 5.41) is 4.11. The number of hydrogen-bond acceptors (Lipinski definition) is 4. The number of anilines is 2. The first-order valence-corrected chi connectivity index (χ1v) is 4.36. The van der Waals surface area contributed by atoms with Crippen LogP contribution < -0.4 is 16.2 Å². The minimum Gasteiger partial charge on any atom is -0.478 e. The van der Waals surface area contributed by atoms with E-state index in [2.05, 4.69) is 12.0 Å². The highest BCUT2D eigenvalue weighted by Gasteiger charge is 2.11. The summed E-state index contributed by atoms with van der Waals surface area (Å²) in [4.78, 5) is 0. The van der Waals surface area contributed by atoms with Crippen LogP contribution in [0.3, 0.4) is 0 Å². The van der Waals surface area contributed by atoms with Crippen LogP contribution in [0.15, 0.2) is 0 Å². The summed E-state index contributed by atoms with van der Waals surface area (Å²) >= 11 is 0. The lowest BCUT2D eigenvalue weighted by Gasteiger charge is -2.00. The molecular weight excluding hydrogens is 168 g/mol. The van der Waals surface area contributed by atoms with Gasteiger partial charge in [0.1, 0.15) is 11.5 Å². The molecule has 0 aliphatic carbocycles. The fraction of sp³-hybridized carbons (Fsp3) is 0.625. The number of ether oxygens (including phenoxy) is 1. The third-order valence-electron chi connectivity index (χ3n) is 1.91. The maximum absolute atomic E-state index is 5.72. The predicted octanol–water partition coefficient (Wildman–Crippen LogP) is 0.856. The van der Waals surface area contributed by atoms with E-state index in [1.807, 2.05) is 0 Å². The maximum Gasteiger partial charge on any atom is 0.258 e. The van der Waals surface area contributed by atoms with Gasteiger partial charge in [-0.1, -0.05) is 13.3 Å². The maximum atomic E-state index is 5.72. The summed E-state index contributed by atoms with van der Waals surface area (Å²) in [6, 6.07) is 0. The Morgan fingerprint density at radius 1 is 1.46 bits per heavy atom. The molecule has 1 rings (SSSR count). The predicted molar refractivity (Wildman–Crippen MR) is 52.5 cm³/mol. The second kappa shape index (κ2) is 4.02. The lowest BCUT2D eigenvalue weighted by Crippen LogP contribution is -2.05. The van der Waals surface area contributed by atoms with Crippen LogP contribution in [0.25, 0.3) is 0 Å². The van der Waals surface area contributed by atoms with E-state index in [9.17, 15) is 0 Å². The molecule has 0 aliphatic rings. The van der Waals surface area contributed by atoms with Gasteiger partial charge in [0.05, 0.1) is 7.11 Å². The third kappa shape index (κ3) is 1.85. The summed E-state index contributed by atoms with van der Waals surface area (Å²) in [5.74, 6) is 0.902. The number of nitrogens with two attached hydrogens (primary N) is 2. The monoisotopic (exact) mass is 184 g/mol. The minimum absolute atomic E-state index is 0.411. The fourth-order valence-electron chi connectivity index (χ4n) is 1.10. The molecular formula is C8H16N4O. The molecule has 0 aliphatic heterocycles. The van der Waals surface area contributed by atoms with Crippen molar-refractivity contribution in [3.63, 3.8) is 0 Å². The lowest BCUT2D eigenvalue weighted by molar-refractivity contribution is 0.389. The Balaban J connectivity index is 2.82. The van der Waals surface area contributed by atoms with Crippen molar-refractivity contribution < 1.29 is 4.74 Å². The van der Waals surface area contributed by atoms with Gasteiger partial charge >= 0.3 is 0 Å². The van der Waals surface area contributed by atoms with Crippen molar-refractivity contribution in [1.29, 1.82) is 0 Å². The molecule has 0 saturated carbocycles. The number of nitrogens with zero attached hydrogens (tertiary/aromatic N) is 2. The Morgan fingerprint density at radius 3 is 2.62 bits per heavy atom. The van der Waals surface area contributed by atoms with Gasteiger partial charge in [0.15, 0.2) is 0 Å². The van der Waals surface area contributed by atoms with Crippen LogP contribution in [0.2, 0.25) is 0 Å². The van der Waals surface area contributed by atoms with Gasteiger partial charge in [-0.25, -0.2) is 4.68 Å². The number of nitrogen functional groups attached to an aromatic ring is 2. The van der Waals surface area contributed by atoms with Gasteiger partial charge < -0.3 is 16.2 Å². The molecule has 0 aromatic carbocycles. The van der Waals surface area contributed by atoms with Crippen LogP contribution in [0, 0.1) is 0 Å². The fourth-order valence-corrected chi connectivity index (χ4v) is 1.10. The van der Waals surface area contributed by atoms with Gasteiger partial charge in [-0.2, -0.15) is 0 Å². The Hall–Kier alpha value is -1.39. The highest BCUT2D eigenvalue weighted by Crippen LogP contribution is 2.25. The topological polar surface area (TPSA) is 79.1 Å². The molecule has 0 unspecified atom stereocenters. The molecule has 0 atom stereocenters. The largest absolute Gasteiger partial charge is 0.478 e. The van der Waals surface area contributed by atoms with E-state index in [0.717, 1.165) is 19.4 Å². The molecule has 1 heterocycles. The van der Waals surface area contributed by atoms with Gasteiger partial charge in [-0.05, 0) is 6.42 Å². The van der Waals surface area contributed by atoms with Crippen molar-refractivity contribution in [2.75, 3.05) is 18.6 Å². The van der Waals surface area contributed by atoms with Crippen LogP contribution in [0.4, 0.5) is 11.5 Å². The van der Waals surface area contributed by atoms with Crippen LogP contribution in [0.1, 0.15) is 19.8 Å². The molecule has 0 bridgehead atoms. The molecule has 5 heteroatoms. The zero-order valence-electron chi connectivity index (χ0n) is 8.08. The van der Waals surface area contributed by atoms with Gasteiger partial charge in [-0.3, -0.25) is 0 Å². The first kappa shape index (κ1) is 9.70. The van der Waals surface area contributed by atoms with Gasteiger partial charge in [0.25, 0.3) is 5.88 Å². The Labute approximate surface area is 77.7 Å². The zero-order chi connectivity index (χ0) is 9.84. The zero-order valence-corrected chi connectivity index (χ0v) is 8.08. The van der Waals surface area contributed by atoms with Crippen molar-refractivity contribution in [1.82, 2.24) is 9.78 Å². The molecule has 0 saturated heterocycles. The Kier molecular flexibility index (Phi) is 3.00. The van der Waals surface area contributed by atoms with Gasteiger partial charge in [-0.15, -0.1) is 5.10 Å². The van der Waals surface area contributed by atoms with Crippen LogP contribution in [-0.4, -0.2) is 16.9 Å². The van der Waals surface area contributed by atoms with E-state index < -0.39 is 0 Å². The Bertz CT molecular complexity index is 282. The van der Waals surface area contributed by atoms with Crippen molar-refractivity contribution in [2.24, 2.45) is 0 Å². The standard InChI is InChI=1S/C8H16N4O/c1-3-4-5-12-7(10)6(9)8(11-12)13-2/h3-5,9-10H2,1-2H3. The first-order chi connectivity index (χ1) is 6.20. The van der Waals surface area contributed by atoms with Crippen molar-refractivity contribution >= 4 is 11.5 Å². The lowest BCUT2D eigenvalue weighted by atomic mass is 10.3. The number of aromatic nitrogens is 2. The van der Waals surface area contributed by atoms with E-state index in [-0.39, 0.29) is 0 Å². The second-order valence-corrected chi connectivity index (χ2v) is 2.88. The van der Waals surface area contributed by atoms with E-state index in [0.29, 0.717) is 17.4 Å². The molecule has 74 valence electrons. The molecule has 0 radical (unpaired) electrons. The second-order valence-electron chi connectivity index (χ2n) is 2.88.